The van der Waals surface area contributed by atoms with Gasteiger partial charge in [-0.1, -0.05) is 6.92 Å². The van der Waals surface area contributed by atoms with Crippen LogP contribution in [0.1, 0.15) is 13.3 Å². The van der Waals surface area contributed by atoms with E-state index in [-0.39, 0.29) is 5.97 Å². The van der Waals surface area contributed by atoms with Crippen LogP contribution in [-0.2, 0) is 9.53 Å². The van der Waals surface area contributed by atoms with Crippen LogP contribution in [0.25, 0.3) is 0 Å². The minimum absolute atomic E-state index is 0.170. The summed E-state index contributed by atoms with van der Waals surface area (Å²) in [5, 5.41) is 0. The third-order valence-electron chi connectivity index (χ3n) is 0.504. The molecule has 2 nitrogen and oxygen atoms in total. The van der Waals surface area contributed by atoms with E-state index in [0.717, 1.165) is 0 Å². The standard InChI is InChI=1S/C4H7BrO2/c1-2-4(6)7-3-5/h2-3H2,1H3. The van der Waals surface area contributed by atoms with E-state index < -0.39 is 0 Å². The van der Waals surface area contributed by atoms with Gasteiger partial charge < -0.3 is 4.74 Å². The largest absolute Gasteiger partial charge is 0.454 e. The van der Waals surface area contributed by atoms with E-state index in [4.69, 9.17) is 0 Å². The van der Waals surface area contributed by atoms with Gasteiger partial charge in [-0.05, 0) is 15.9 Å². The van der Waals surface area contributed by atoms with E-state index in [1.165, 1.54) is 0 Å². The molecule has 0 fully saturated rings. The molecule has 0 aromatic rings. The SMILES string of the molecule is CCC(=O)OCBr. The summed E-state index contributed by atoms with van der Waals surface area (Å²) in [6.45, 7) is 1.75. The maximum absolute atomic E-state index is 10.2. The molecular formula is C4H7BrO2. The van der Waals surface area contributed by atoms with Gasteiger partial charge in [0, 0.05) is 6.42 Å². The van der Waals surface area contributed by atoms with Crippen molar-refractivity contribution in [3.05, 3.63) is 0 Å². The normalized spacial score (nSPS) is 8.29. The Morgan fingerprint density at radius 3 is 2.57 bits per heavy atom. The number of carbonyl (C=O) groups is 1. The van der Waals surface area contributed by atoms with Crippen LogP contribution in [0.4, 0.5) is 0 Å². The predicted molar refractivity (Wildman–Crippen MR) is 30.2 cm³/mol. The van der Waals surface area contributed by atoms with Gasteiger partial charge in [0.2, 0.25) is 0 Å². The first kappa shape index (κ1) is 6.95. The Morgan fingerprint density at radius 1 is 1.86 bits per heavy atom. The lowest BCUT2D eigenvalue weighted by molar-refractivity contribution is -0.140. The number of esters is 1. The molecule has 0 saturated heterocycles. The van der Waals surface area contributed by atoms with Crippen molar-refractivity contribution < 1.29 is 9.53 Å². The smallest absolute Gasteiger partial charge is 0.306 e. The molecule has 0 aromatic heterocycles. The minimum atomic E-state index is -0.170. The second-order valence-electron chi connectivity index (χ2n) is 0.979. The summed E-state index contributed by atoms with van der Waals surface area (Å²) in [5.74, 6) is -0.170. The Labute approximate surface area is 51.0 Å². The summed E-state index contributed by atoms with van der Waals surface area (Å²) in [7, 11) is 0. The Morgan fingerprint density at radius 2 is 2.43 bits per heavy atom. The molecule has 0 heterocycles. The van der Waals surface area contributed by atoms with Crippen LogP contribution in [-0.4, -0.2) is 11.5 Å². The van der Waals surface area contributed by atoms with Crippen LogP contribution in [0.3, 0.4) is 0 Å². The van der Waals surface area contributed by atoms with Gasteiger partial charge in [-0.25, -0.2) is 0 Å². The van der Waals surface area contributed by atoms with Crippen LogP contribution < -0.4 is 0 Å². The highest BCUT2D eigenvalue weighted by Gasteiger charge is 1.91. The number of ether oxygens (including phenoxy) is 1. The summed E-state index contributed by atoms with van der Waals surface area (Å²) >= 11 is 2.95. The van der Waals surface area contributed by atoms with E-state index in [0.29, 0.717) is 11.9 Å². The van der Waals surface area contributed by atoms with Crippen molar-refractivity contribution >= 4 is 21.9 Å². The van der Waals surface area contributed by atoms with E-state index in [1.807, 2.05) is 0 Å². The van der Waals surface area contributed by atoms with Gasteiger partial charge in [0.25, 0.3) is 0 Å². The van der Waals surface area contributed by atoms with E-state index in [2.05, 4.69) is 20.7 Å². The topological polar surface area (TPSA) is 26.3 Å². The lowest BCUT2D eigenvalue weighted by Gasteiger charge is -1.92. The lowest BCUT2D eigenvalue weighted by atomic mass is 10.5. The highest BCUT2D eigenvalue weighted by atomic mass is 79.9. The van der Waals surface area contributed by atoms with E-state index in [9.17, 15) is 4.79 Å². The molecule has 7 heavy (non-hydrogen) atoms. The van der Waals surface area contributed by atoms with Gasteiger partial charge in [0.15, 0.2) is 0 Å². The Kier molecular flexibility index (Phi) is 4.09. The maximum atomic E-state index is 10.2. The molecule has 3 heteroatoms. The summed E-state index contributed by atoms with van der Waals surface area (Å²) < 4.78 is 4.47. The van der Waals surface area contributed by atoms with Crippen LogP contribution in [0, 0.1) is 0 Å². The third kappa shape index (κ3) is 3.79. The molecule has 0 spiro atoms. The van der Waals surface area contributed by atoms with Gasteiger partial charge in [-0.2, -0.15) is 0 Å². The van der Waals surface area contributed by atoms with E-state index in [1.54, 1.807) is 6.92 Å². The number of alkyl halides is 1. The van der Waals surface area contributed by atoms with E-state index >= 15 is 0 Å². The van der Waals surface area contributed by atoms with Crippen LogP contribution in [0.5, 0.6) is 0 Å². The quantitative estimate of drug-likeness (QED) is 0.457. The third-order valence-corrected chi connectivity index (χ3v) is 0.733. The Balaban J connectivity index is 3.00. The zero-order chi connectivity index (χ0) is 5.70. The number of halogens is 1. The number of hydrogen-bond donors (Lipinski definition) is 0. The zero-order valence-electron chi connectivity index (χ0n) is 4.11. The van der Waals surface area contributed by atoms with Crippen molar-refractivity contribution in [3.8, 4) is 0 Å². The second-order valence-corrected chi connectivity index (χ2v) is 1.44. The van der Waals surface area contributed by atoms with Crippen molar-refractivity contribution in [1.82, 2.24) is 0 Å². The predicted octanol–water partition coefficient (Wildman–Crippen LogP) is 1.29. The first-order valence-corrected chi connectivity index (χ1v) is 3.15. The Hall–Kier alpha value is -0.0500. The van der Waals surface area contributed by atoms with Crippen molar-refractivity contribution in [3.63, 3.8) is 0 Å². The first-order chi connectivity index (χ1) is 3.31. The molecule has 0 N–H and O–H groups in total. The van der Waals surface area contributed by atoms with Crippen molar-refractivity contribution in [1.29, 1.82) is 0 Å². The number of rotatable bonds is 2. The second kappa shape index (κ2) is 4.12. The highest BCUT2D eigenvalue weighted by Crippen LogP contribution is 1.86. The maximum Gasteiger partial charge on any atom is 0.306 e. The monoisotopic (exact) mass is 166 g/mol. The fraction of sp³-hybridized carbons (Fsp3) is 0.750. The molecule has 0 saturated carbocycles. The Bertz CT molecular complexity index is 62.7. The molecule has 0 aliphatic carbocycles. The average molecular weight is 167 g/mol. The summed E-state index contributed by atoms with van der Waals surface area (Å²) in [5.41, 5.74) is 0.305. The van der Waals surface area contributed by atoms with Crippen molar-refractivity contribution in [2.24, 2.45) is 0 Å². The lowest BCUT2D eigenvalue weighted by Crippen LogP contribution is -1.98. The number of carbonyl (C=O) groups excluding carboxylic acids is 1. The van der Waals surface area contributed by atoms with Gasteiger partial charge >= 0.3 is 5.97 Å². The average Bonchev–Trinajstić information content (AvgIpc) is 1.68. The molecule has 0 amide bonds. The minimum Gasteiger partial charge on any atom is -0.454 e. The molecule has 0 unspecified atom stereocenters. The van der Waals surface area contributed by atoms with Crippen LogP contribution >= 0.6 is 15.9 Å². The fourth-order valence-electron chi connectivity index (χ4n) is 0.163. The molecular weight excluding hydrogens is 160 g/mol. The van der Waals surface area contributed by atoms with Gasteiger partial charge in [0.1, 0.15) is 5.52 Å². The molecule has 0 aromatic carbocycles. The zero-order valence-corrected chi connectivity index (χ0v) is 5.69. The molecule has 0 aliphatic rings. The molecule has 0 bridgehead atoms. The molecule has 0 radical (unpaired) electrons. The van der Waals surface area contributed by atoms with Crippen molar-refractivity contribution in [2.45, 2.75) is 13.3 Å². The molecule has 0 aliphatic heterocycles. The molecule has 42 valence electrons. The first-order valence-electron chi connectivity index (χ1n) is 2.02. The summed E-state index contributed by atoms with van der Waals surface area (Å²) in [6, 6.07) is 0. The fourth-order valence-corrected chi connectivity index (χ4v) is 0.418. The van der Waals surface area contributed by atoms with Crippen LogP contribution in [0.2, 0.25) is 0 Å². The summed E-state index contributed by atoms with van der Waals surface area (Å²) in [4.78, 5) is 10.2. The molecule has 0 rings (SSSR count). The summed E-state index contributed by atoms with van der Waals surface area (Å²) in [6.07, 6.45) is 0.450. The van der Waals surface area contributed by atoms with Gasteiger partial charge in [-0.3, -0.25) is 4.79 Å². The van der Waals surface area contributed by atoms with Crippen LogP contribution in [0.15, 0.2) is 0 Å². The number of hydrogen-bond acceptors (Lipinski definition) is 2. The van der Waals surface area contributed by atoms with Gasteiger partial charge in [-0.15, -0.1) is 0 Å². The molecule has 0 atom stereocenters. The van der Waals surface area contributed by atoms with Gasteiger partial charge in [0.05, 0.1) is 0 Å². The highest BCUT2D eigenvalue weighted by molar-refractivity contribution is 9.09. The van der Waals surface area contributed by atoms with Crippen molar-refractivity contribution in [2.75, 3.05) is 5.52 Å².